The fraction of sp³-hybridized carbons (Fsp3) is 0.316. The number of pyridine rings is 1. The number of nitrogens with zero attached hydrogens (tertiary/aromatic N) is 2. The van der Waals surface area contributed by atoms with Crippen molar-refractivity contribution in [3.63, 3.8) is 0 Å². The summed E-state index contributed by atoms with van der Waals surface area (Å²) in [7, 11) is 0. The first-order valence-electron chi connectivity index (χ1n) is 7.42. The zero-order valence-electron chi connectivity index (χ0n) is 13.4. The molecule has 0 amide bonds. The van der Waals surface area contributed by atoms with E-state index in [1.165, 1.54) is 22.4 Å². The topological polar surface area (TPSA) is 17.3 Å². The molecule has 2 heterocycles. The number of imidazole rings is 1. The maximum absolute atomic E-state index is 4.55. The van der Waals surface area contributed by atoms with Crippen LogP contribution in [0.3, 0.4) is 0 Å². The van der Waals surface area contributed by atoms with Crippen LogP contribution in [-0.4, -0.2) is 9.38 Å². The molecule has 0 saturated carbocycles. The lowest BCUT2D eigenvalue weighted by atomic mass is 9.86. The lowest BCUT2D eigenvalue weighted by molar-refractivity contribution is 0.590. The molecule has 2 nitrogen and oxygen atoms in total. The van der Waals surface area contributed by atoms with E-state index >= 15 is 0 Å². The Labute approximate surface area is 126 Å². The minimum Gasteiger partial charge on any atom is -0.297 e. The fourth-order valence-corrected chi connectivity index (χ4v) is 2.82. The molecule has 108 valence electrons. The number of hydrogen-bond donors (Lipinski definition) is 0. The van der Waals surface area contributed by atoms with Crippen molar-refractivity contribution in [2.24, 2.45) is 0 Å². The third kappa shape index (κ3) is 2.46. The van der Waals surface area contributed by atoms with Crippen LogP contribution in [-0.2, 0) is 5.41 Å². The van der Waals surface area contributed by atoms with Crippen LogP contribution in [0.1, 0.15) is 37.6 Å². The summed E-state index contributed by atoms with van der Waals surface area (Å²) >= 11 is 0. The van der Waals surface area contributed by atoms with E-state index in [1.807, 2.05) is 6.20 Å². The predicted molar refractivity (Wildman–Crippen MR) is 88.8 cm³/mol. The number of aromatic nitrogens is 2. The first kappa shape index (κ1) is 13.9. The van der Waals surface area contributed by atoms with Gasteiger partial charge in [-0.25, -0.2) is 4.98 Å². The van der Waals surface area contributed by atoms with Gasteiger partial charge in [0.25, 0.3) is 0 Å². The maximum Gasteiger partial charge on any atom is 0.137 e. The molecule has 3 rings (SSSR count). The van der Waals surface area contributed by atoms with Gasteiger partial charge in [-0.3, -0.25) is 4.40 Å². The number of hydrogen-bond acceptors (Lipinski definition) is 1. The van der Waals surface area contributed by atoms with Crippen LogP contribution in [0.2, 0.25) is 0 Å². The summed E-state index contributed by atoms with van der Waals surface area (Å²) < 4.78 is 2.22. The summed E-state index contributed by atoms with van der Waals surface area (Å²) in [4.78, 5) is 4.55. The van der Waals surface area contributed by atoms with Crippen LogP contribution in [0.4, 0.5) is 0 Å². The lowest BCUT2D eigenvalue weighted by Gasteiger charge is -2.19. The third-order valence-corrected chi connectivity index (χ3v) is 3.98. The molecule has 3 aromatic rings. The normalized spacial score (nSPS) is 12.0. The van der Waals surface area contributed by atoms with E-state index in [0.29, 0.717) is 0 Å². The summed E-state index contributed by atoms with van der Waals surface area (Å²) in [5, 5.41) is 0. The second kappa shape index (κ2) is 4.73. The SMILES string of the molecule is Cc1cc(C)n2c(-c3ccc(C(C)(C)C)cc3)cnc2c1. The van der Waals surface area contributed by atoms with Crippen molar-refractivity contribution in [2.75, 3.05) is 0 Å². The zero-order chi connectivity index (χ0) is 15.2. The Kier molecular flexibility index (Phi) is 3.12. The molecule has 0 atom stereocenters. The predicted octanol–water partition coefficient (Wildman–Crippen LogP) is 4.92. The molecule has 21 heavy (non-hydrogen) atoms. The molecule has 2 heteroatoms. The second-order valence-electron chi connectivity index (χ2n) is 6.84. The zero-order valence-corrected chi connectivity index (χ0v) is 13.4. The number of fused-ring (bicyclic) bond motifs is 1. The van der Waals surface area contributed by atoms with Gasteiger partial charge < -0.3 is 0 Å². The molecule has 0 aliphatic carbocycles. The van der Waals surface area contributed by atoms with Gasteiger partial charge in [0.15, 0.2) is 0 Å². The highest BCUT2D eigenvalue weighted by Gasteiger charge is 2.14. The highest BCUT2D eigenvalue weighted by atomic mass is 15.0. The highest BCUT2D eigenvalue weighted by molar-refractivity contribution is 5.65. The van der Waals surface area contributed by atoms with Crippen LogP contribution in [0, 0.1) is 13.8 Å². The Morgan fingerprint density at radius 1 is 0.952 bits per heavy atom. The summed E-state index contributed by atoms with van der Waals surface area (Å²) in [6.07, 6.45) is 1.97. The average molecular weight is 278 g/mol. The number of rotatable bonds is 1. The Morgan fingerprint density at radius 2 is 1.62 bits per heavy atom. The molecule has 0 fully saturated rings. The van der Waals surface area contributed by atoms with Crippen molar-refractivity contribution in [2.45, 2.75) is 40.0 Å². The summed E-state index contributed by atoms with van der Waals surface area (Å²) in [6, 6.07) is 13.2. The second-order valence-corrected chi connectivity index (χ2v) is 6.84. The van der Waals surface area contributed by atoms with Crippen LogP contribution >= 0.6 is 0 Å². The van der Waals surface area contributed by atoms with Crippen LogP contribution in [0.15, 0.2) is 42.6 Å². The van der Waals surface area contributed by atoms with E-state index in [9.17, 15) is 0 Å². The van der Waals surface area contributed by atoms with Crippen LogP contribution in [0.25, 0.3) is 16.9 Å². The molecule has 0 N–H and O–H groups in total. The third-order valence-electron chi connectivity index (χ3n) is 3.98. The molecule has 0 aliphatic heterocycles. The molecule has 0 unspecified atom stereocenters. The molecular weight excluding hydrogens is 256 g/mol. The number of benzene rings is 1. The van der Waals surface area contributed by atoms with E-state index in [1.54, 1.807) is 0 Å². The van der Waals surface area contributed by atoms with Crippen LogP contribution in [0.5, 0.6) is 0 Å². The largest absolute Gasteiger partial charge is 0.297 e. The van der Waals surface area contributed by atoms with Gasteiger partial charge in [-0.1, -0.05) is 45.0 Å². The number of aryl methyl sites for hydroxylation is 2. The van der Waals surface area contributed by atoms with Crippen molar-refractivity contribution in [1.82, 2.24) is 9.38 Å². The van der Waals surface area contributed by atoms with Gasteiger partial charge in [0.1, 0.15) is 5.65 Å². The monoisotopic (exact) mass is 278 g/mol. The first-order valence-corrected chi connectivity index (χ1v) is 7.42. The standard InChI is InChI=1S/C19H22N2/c1-13-10-14(2)21-17(12-20-18(21)11-13)15-6-8-16(9-7-15)19(3,4)5/h6-12H,1-5H3. The Morgan fingerprint density at radius 3 is 2.24 bits per heavy atom. The molecule has 0 aliphatic rings. The minimum atomic E-state index is 0.186. The quantitative estimate of drug-likeness (QED) is 0.618. The minimum absolute atomic E-state index is 0.186. The Balaban J connectivity index is 2.13. The maximum atomic E-state index is 4.55. The molecular formula is C19H22N2. The van der Waals surface area contributed by atoms with Gasteiger partial charge in [-0.05, 0) is 42.5 Å². The van der Waals surface area contributed by atoms with Crippen molar-refractivity contribution < 1.29 is 0 Å². The van der Waals surface area contributed by atoms with Gasteiger partial charge in [-0.2, -0.15) is 0 Å². The molecule has 0 radical (unpaired) electrons. The van der Waals surface area contributed by atoms with E-state index in [4.69, 9.17) is 0 Å². The molecule has 0 saturated heterocycles. The van der Waals surface area contributed by atoms with Gasteiger partial charge in [0.05, 0.1) is 11.9 Å². The summed E-state index contributed by atoms with van der Waals surface area (Å²) in [6.45, 7) is 11.0. The lowest BCUT2D eigenvalue weighted by Crippen LogP contribution is -2.10. The Bertz CT molecular complexity index is 787. The van der Waals surface area contributed by atoms with Gasteiger partial charge >= 0.3 is 0 Å². The summed E-state index contributed by atoms with van der Waals surface area (Å²) in [5.41, 5.74) is 7.39. The molecule has 0 spiro atoms. The smallest absolute Gasteiger partial charge is 0.137 e. The Hall–Kier alpha value is -2.09. The average Bonchev–Trinajstić information content (AvgIpc) is 2.81. The van der Waals surface area contributed by atoms with E-state index in [-0.39, 0.29) is 5.41 Å². The molecule has 2 aromatic heterocycles. The summed E-state index contributed by atoms with van der Waals surface area (Å²) in [5.74, 6) is 0. The van der Waals surface area contributed by atoms with E-state index < -0.39 is 0 Å². The molecule has 1 aromatic carbocycles. The van der Waals surface area contributed by atoms with Gasteiger partial charge in [0.2, 0.25) is 0 Å². The van der Waals surface area contributed by atoms with Gasteiger partial charge in [-0.15, -0.1) is 0 Å². The van der Waals surface area contributed by atoms with Crippen molar-refractivity contribution in [3.05, 3.63) is 59.4 Å². The highest BCUT2D eigenvalue weighted by Crippen LogP contribution is 2.27. The van der Waals surface area contributed by atoms with Crippen molar-refractivity contribution >= 4 is 5.65 Å². The first-order chi connectivity index (χ1) is 9.86. The van der Waals surface area contributed by atoms with E-state index in [2.05, 4.69) is 80.4 Å². The molecule has 0 bridgehead atoms. The van der Waals surface area contributed by atoms with E-state index in [0.717, 1.165) is 11.3 Å². The van der Waals surface area contributed by atoms with Crippen molar-refractivity contribution in [3.8, 4) is 11.3 Å². The van der Waals surface area contributed by atoms with Gasteiger partial charge in [0, 0.05) is 11.3 Å². The van der Waals surface area contributed by atoms with Crippen LogP contribution < -0.4 is 0 Å². The van der Waals surface area contributed by atoms with Crippen molar-refractivity contribution in [1.29, 1.82) is 0 Å². The fourth-order valence-electron chi connectivity index (χ4n) is 2.82.